The molecule has 0 aliphatic rings. The van der Waals surface area contributed by atoms with E-state index in [1.165, 1.54) is 51.4 Å². The third kappa shape index (κ3) is 18.4. The molecule has 1 unspecified atom stereocenters. The molecule has 0 heterocycles. The summed E-state index contributed by atoms with van der Waals surface area (Å²) in [5.74, 6) is -0.738. The minimum atomic E-state index is -0.738. The molecule has 1 atom stereocenters. The number of aliphatic carboxylic acids is 1. The molecule has 0 radical (unpaired) electrons. The van der Waals surface area contributed by atoms with Gasteiger partial charge in [0, 0.05) is 12.5 Å². The van der Waals surface area contributed by atoms with Crippen LogP contribution in [0.1, 0.15) is 84.0 Å². The number of unbranched alkanes of at least 4 members (excludes halogenated alkanes) is 8. The van der Waals surface area contributed by atoms with Crippen molar-refractivity contribution < 1.29 is 9.90 Å². The van der Waals surface area contributed by atoms with Crippen molar-refractivity contribution in [2.24, 2.45) is 5.73 Å². The predicted molar refractivity (Wildman–Crippen MR) is 83.8 cm³/mol. The summed E-state index contributed by atoms with van der Waals surface area (Å²) in [4.78, 5) is 10.4. The van der Waals surface area contributed by atoms with Gasteiger partial charge in [0.1, 0.15) is 0 Å². The Kier molecular flexibility index (Phi) is 18.8. The Morgan fingerprint density at radius 1 is 0.947 bits per heavy atom. The number of hydrogen-bond donors (Lipinski definition) is 2. The number of carboxylic acids is 1. The van der Waals surface area contributed by atoms with Crippen LogP contribution in [0, 0.1) is 0 Å². The van der Waals surface area contributed by atoms with Crippen LogP contribution in [-0.4, -0.2) is 46.7 Å². The maximum absolute atomic E-state index is 10.4. The molecule has 3 nitrogen and oxygen atoms in total. The molecule has 3 N–H and O–H groups in total. The molecule has 0 aromatic rings. The average Bonchev–Trinajstić information content (AvgIpc) is 2.34. The monoisotopic (exact) mass is 281 g/mol. The molecule has 0 aromatic heterocycles. The zero-order valence-corrected chi connectivity index (χ0v) is 12.0. The second-order valence-electron chi connectivity index (χ2n) is 5.31. The van der Waals surface area contributed by atoms with Gasteiger partial charge in [0.25, 0.3) is 0 Å². The average molecular weight is 281 g/mol. The number of nitrogens with two attached hydrogens (primary N) is 1. The van der Waals surface area contributed by atoms with E-state index in [-0.39, 0.29) is 42.0 Å². The predicted octanol–water partition coefficient (Wildman–Crippen LogP) is 3.45. The van der Waals surface area contributed by atoms with Crippen molar-refractivity contribution in [3.05, 3.63) is 0 Å². The van der Waals surface area contributed by atoms with Crippen molar-refractivity contribution in [1.82, 2.24) is 0 Å². The van der Waals surface area contributed by atoms with Gasteiger partial charge in [-0.25, -0.2) is 0 Å². The Morgan fingerprint density at radius 2 is 1.42 bits per heavy atom. The molecule has 0 aliphatic carbocycles. The standard InChI is InChI=1S/C15H31NO2.Na.H/c1-2-3-4-5-6-7-8-9-10-11-14(16)12-13-15(17)18;;/h14H,2-13,16H2,1H3,(H,17,18);;. The molecule has 0 saturated heterocycles. The van der Waals surface area contributed by atoms with Crippen LogP contribution in [0.5, 0.6) is 0 Å². The maximum atomic E-state index is 10.4. The van der Waals surface area contributed by atoms with Crippen molar-refractivity contribution in [2.75, 3.05) is 0 Å². The SMILES string of the molecule is CCCCCCCCCCCC(N)CCC(=O)O.[NaH]. The summed E-state index contributed by atoms with van der Waals surface area (Å²) in [7, 11) is 0. The first kappa shape index (κ1) is 21.7. The van der Waals surface area contributed by atoms with Gasteiger partial charge >= 0.3 is 35.5 Å². The number of carbonyl (C=O) groups is 1. The second kappa shape index (κ2) is 16.5. The van der Waals surface area contributed by atoms with Crippen LogP contribution in [0.4, 0.5) is 0 Å². The Morgan fingerprint density at radius 3 is 1.89 bits per heavy atom. The van der Waals surface area contributed by atoms with E-state index in [0.29, 0.717) is 6.42 Å². The molecular formula is C15H32NNaO2. The van der Waals surface area contributed by atoms with Crippen LogP contribution < -0.4 is 5.73 Å². The summed E-state index contributed by atoms with van der Waals surface area (Å²) in [6, 6.07) is 0.0747. The van der Waals surface area contributed by atoms with Gasteiger partial charge in [-0.05, 0) is 12.8 Å². The summed E-state index contributed by atoms with van der Waals surface area (Å²) < 4.78 is 0. The van der Waals surface area contributed by atoms with E-state index in [9.17, 15) is 4.79 Å². The van der Waals surface area contributed by atoms with E-state index >= 15 is 0 Å². The van der Waals surface area contributed by atoms with Crippen LogP contribution in [0.25, 0.3) is 0 Å². The molecular weight excluding hydrogens is 249 g/mol. The molecule has 0 saturated carbocycles. The normalized spacial score (nSPS) is 11.9. The summed E-state index contributed by atoms with van der Waals surface area (Å²) >= 11 is 0. The molecule has 0 spiro atoms. The molecule has 0 aromatic carbocycles. The molecule has 19 heavy (non-hydrogen) atoms. The number of hydrogen-bond acceptors (Lipinski definition) is 2. The van der Waals surface area contributed by atoms with Gasteiger partial charge in [-0.3, -0.25) is 4.79 Å². The van der Waals surface area contributed by atoms with Gasteiger partial charge in [-0.15, -0.1) is 0 Å². The van der Waals surface area contributed by atoms with Gasteiger partial charge in [0.15, 0.2) is 0 Å². The van der Waals surface area contributed by atoms with Crippen molar-refractivity contribution in [2.45, 2.75) is 90.0 Å². The first-order chi connectivity index (χ1) is 8.66. The first-order valence-corrected chi connectivity index (χ1v) is 7.64. The molecule has 0 aliphatic heterocycles. The van der Waals surface area contributed by atoms with Crippen LogP contribution in [0.15, 0.2) is 0 Å². The van der Waals surface area contributed by atoms with E-state index in [1.54, 1.807) is 0 Å². The molecule has 0 rings (SSSR count). The molecule has 0 amide bonds. The van der Waals surface area contributed by atoms with Gasteiger partial charge in [-0.2, -0.15) is 0 Å². The van der Waals surface area contributed by atoms with E-state index in [2.05, 4.69) is 6.92 Å². The van der Waals surface area contributed by atoms with Crippen LogP contribution in [0.3, 0.4) is 0 Å². The fourth-order valence-electron chi connectivity index (χ4n) is 2.17. The zero-order chi connectivity index (χ0) is 13.6. The zero-order valence-electron chi connectivity index (χ0n) is 12.0. The summed E-state index contributed by atoms with van der Waals surface area (Å²) in [5.41, 5.74) is 5.85. The van der Waals surface area contributed by atoms with Gasteiger partial charge < -0.3 is 10.8 Å². The second-order valence-corrected chi connectivity index (χ2v) is 5.31. The minimum absolute atomic E-state index is 0. The summed E-state index contributed by atoms with van der Waals surface area (Å²) in [5, 5.41) is 8.54. The first-order valence-electron chi connectivity index (χ1n) is 7.64. The van der Waals surface area contributed by atoms with E-state index in [0.717, 1.165) is 12.8 Å². The van der Waals surface area contributed by atoms with Crippen LogP contribution in [-0.2, 0) is 4.79 Å². The molecule has 0 bridgehead atoms. The Labute approximate surface area is 141 Å². The molecule has 0 fully saturated rings. The van der Waals surface area contributed by atoms with Crippen molar-refractivity contribution in [3.8, 4) is 0 Å². The topological polar surface area (TPSA) is 63.3 Å². The van der Waals surface area contributed by atoms with Gasteiger partial charge in [-0.1, -0.05) is 64.7 Å². The van der Waals surface area contributed by atoms with Crippen LogP contribution >= 0.6 is 0 Å². The van der Waals surface area contributed by atoms with Gasteiger partial charge in [0.05, 0.1) is 0 Å². The fraction of sp³-hybridized carbons (Fsp3) is 0.933. The third-order valence-corrected chi connectivity index (χ3v) is 3.41. The van der Waals surface area contributed by atoms with E-state index in [4.69, 9.17) is 10.8 Å². The number of rotatable bonds is 13. The van der Waals surface area contributed by atoms with Crippen molar-refractivity contribution in [3.63, 3.8) is 0 Å². The van der Waals surface area contributed by atoms with Crippen molar-refractivity contribution in [1.29, 1.82) is 0 Å². The molecule has 4 heteroatoms. The number of carboxylic acid groups (broad SMARTS) is 1. The third-order valence-electron chi connectivity index (χ3n) is 3.41. The van der Waals surface area contributed by atoms with Gasteiger partial charge in [0.2, 0.25) is 0 Å². The Balaban J connectivity index is 0. The van der Waals surface area contributed by atoms with E-state index < -0.39 is 5.97 Å². The van der Waals surface area contributed by atoms with Crippen molar-refractivity contribution >= 4 is 35.5 Å². The van der Waals surface area contributed by atoms with Crippen LogP contribution in [0.2, 0.25) is 0 Å². The Hall–Kier alpha value is 0.430. The molecule has 110 valence electrons. The Bertz CT molecular complexity index is 201. The summed E-state index contributed by atoms with van der Waals surface area (Å²) in [6.45, 7) is 2.24. The fourth-order valence-corrected chi connectivity index (χ4v) is 2.17. The van der Waals surface area contributed by atoms with E-state index in [1.807, 2.05) is 0 Å². The summed E-state index contributed by atoms with van der Waals surface area (Å²) in [6.07, 6.45) is 13.7. The quantitative estimate of drug-likeness (QED) is 0.401.